The molecule has 0 saturated heterocycles. The van der Waals surface area contributed by atoms with E-state index in [4.69, 9.17) is 25.9 Å². The van der Waals surface area contributed by atoms with Crippen molar-refractivity contribution in [1.29, 1.82) is 0 Å². The Kier molecular flexibility index (Phi) is 6.10. The van der Waals surface area contributed by atoms with Crippen molar-refractivity contribution in [3.05, 3.63) is 95.0 Å². The zero-order valence-corrected chi connectivity index (χ0v) is 19.3. The van der Waals surface area contributed by atoms with Crippen molar-refractivity contribution in [2.75, 3.05) is 11.9 Å². The van der Waals surface area contributed by atoms with Gasteiger partial charge in [0.1, 0.15) is 5.52 Å². The predicted octanol–water partition coefficient (Wildman–Crippen LogP) is 5.80. The Balaban J connectivity index is 1.40. The number of halogens is 1. The molecule has 9 heteroatoms. The van der Waals surface area contributed by atoms with E-state index in [1.807, 2.05) is 42.5 Å². The number of amides is 1. The van der Waals surface area contributed by atoms with Crippen molar-refractivity contribution >= 4 is 57.0 Å². The Morgan fingerprint density at radius 1 is 0.972 bits per heavy atom. The number of hydrogen-bond donors (Lipinski definition) is 2. The number of carboxylic acids is 1. The summed E-state index contributed by atoms with van der Waals surface area (Å²) in [6.45, 7) is -0.603. The minimum atomic E-state index is -1.17. The molecule has 8 nitrogen and oxygen atoms in total. The number of carboxylic acid groups (broad SMARTS) is 1. The molecule has 0 atom stereocenters. The van der Waals surface area contributed by atoms with Crippen molar-refractivity contribution in [3.63, 3.8) is 0 Å². The quantitative estimate of drug-likeness (QED) is 0.283. The molecule has 1 aromatic heterocycles. The van der Waals surface area contributed by atoms with Gasteiger partial charge in [0.05, 0.1) is 21.8 Å². The van der Waals surface area contributed by atoms with Crippen molar-refractivity contribution in [3.8, 4) is 11.5 Å². The van der Waals surface area contributed by atoms with E-state index in [-0.39, 0.29) is 21.8 Å². The molecule has 1 amide bonds. The van der Waals surface area contributed by atoms with Crippen molar-refractivity contribution in [2.24, 2.45) is 0 Å². The van der Waals surface area contributed by atoms with Gasteiger partial charge in [0.15, 0.2) is 12.2 Å². The molecule has 36 heavy (non-hydrogen) atoms. The van der Waals surface area contributed by atoms with E-state index >= 15 is 0 Å². The molecule has 0 fully saturated rings. The standard InChI is InChI=1S/C27H17ClN2O6/c28-19-12-11-16(26(32)33)13-21(19)29-23(31)14-35-27(34)18-8-4-6-15-5-3-7-17(24(15)18)25-30-20-9-1-2-10-22(20)36-25/h1-13H,14H2,(H,29,31)(H,32,33). The average molecular weight is 501 g/mol. The van der Waals surface area contributed by atoms with Crippen molar-refractivity contribution in [2.45, 2.75) is 0 Å². The van der Waals surface area contributed by atoms with Gasteiger partial charge in [0.2, 0.25) is 5.89 Å². The lowest BCUT2D eigenvalue weighted by Crippen LogP contribution is -2.21. The number of carbonyl (C=O) groups excluding carboxylic acids is 2. The van der Waals surface area contributed by atoms with Crippen LogP contribution in [0.5, 0.6) is 0 Å². The van der Waals surface area contributed by atoms with Crippen LogP contribution >= 0.6 is 11.6 Å². The zero-order valence-electron chi connectivity index (χ0n) is 18.5. The number of nitrogens with one attached hydrogen (secondary N) is 1. The molecule has 1 heterocycles. The highest BCUT2D eigenvalue weighted by Gasteiger charge is 2.19. The third kappa shape index (κ3) is 4.49. The Labute approximate surface area is 209 Å². The van der Waals surface area contributed by atoms with Crippen LogP contribution in [0.2, 0.25) is 5.02 Å². The maximum absolute atomic E-state index is 13.0. The largest absolute Gasteiger partial charge is 0.478 e. The fraction of sp³-hybridized carbons (Fsp3) is 0.0370. The first kappa shape index (κ1) is 23.1. The predicted molar refractivity (Wildman–Crippen MR) is 134 cm³/mol. The van der Waals surface area contributed by atoms with Gasteiger partial charge in [-0.15, -0.1) is 0 Å². The fourth-order valence-electron chi connectivity index (χ4n) is 3.83. The summed E-state index contributed by atoms with van der Waals surface area (Å²) in [4.78, 5) is 41.2. The molecule has 0 saturated carbocycles. The van der Waals surface area contributed by atoms with Gasteiger partial charge < -0.3 is 19.6 Å². The molecule has 0 bridgehead atoms. The number of carbonyl (C=O) groups is 3. The smallest absolute Gasteiger partial charge is 0.339 e. The molecule has 178 valence electrons. The second-order valence-electron chi connectivity index (χ2n) is 7.82. The lowest BCUT2D eigenvalue weighted by Gasteiger charge is -2.11. The second-order valence-corrected chi connectivity index (χ2v) is 8.23. The molecule has 0 unspecified atom stereocenters. The van der Waals surface area contributed by atoms with Gasteiger partial charge in [-0.2, -0.15) is 0 Å². The van der Waals surface area contributed by atoms with E-state index in [0.29, 0.717) is 27.9 Å². The molecule has 0 aliphatic carbocycles. The normalized spacial score (nSPS) is 10.9. The Bertz CT molecular complexity index is 1620. The van der Waals surface area contributed by atoms with E-state index < -0.39 is 24.5 Å². The summed E-state index contributed by atoms with van der Waals surface area (Å²) in [7, 11) is 0. The van der Waals surface area contributed by atoms with E-state index in [1.54, 1.807) is 18.2 Å². The number of fused-ring (bicyclic) bond motifs is 2. The van der Waals surface area contributed by atoms with Gasteiger partial charge in [-0.25, -0.2) is 14.6 Å². The molecule has 5 rings (SSSR count). The van der Waals surface area contributed by atoms with Gasteiger partial charge in [-0.1, -0.05) is 48.0 Å². The van der Waals surface area contributed by atoms with Gasteiger partial charge in [0.25, 0.3) is 5.91 Å². The van der Waals surface area contributed by atoms with Gasteiger partial charge in [-0.3, -0.25) is 4.79 Å². The maximum Gasteiger partial charge on any atom is 0.339 e. The summed E-state index contributed by atoms with van der Waals surface area (Å²) >= 11 is 6.04. The highest BCUT2D eigenvalue weighted by molar-refractivity contribution is 6.33. The number of benzene rings is 4. The number of para-hydroxylation sites is 2. The third-order valence-electron chi connectivity index (χ3n) is 5.47. The van der Waals surface area contributed by atoms with Crippen LogP contribution in [-0.4, -0.2) is 34.5 Å². The Morgan fingerprint density at radius 3 is 2.53 bits per heavy atom. The van der Waals surface area contributed by atoms with Gasteiger partial charge in [0, 0.05) is 10.9 Å². The van der Waals surface area contributed by atoms with Crippen LogP contribution in [-0.2, 0) is 9.53 Å². The monoisotopic (exact) mass is 500 g/mol. The van der Waals surface area contributed by atoms with Crippen LogP contribution in [0.3, 0.4) is 0 Å². The molecule has 4 aromatic carbocycles. The number of nitrogens with zero attached hydrogens (tertiary/aromatic N) is 1. The SMILES string of the molecule is O=C(COC(=O)c1cccc2cccc(-c3nc4ccccc4o3)c12)Nc1cc(C(=O)O)ccc1Cl. The minimum Gasteiger partial charge on any atom is -0.478 e. The van der Waals surface area contributed by atoms with Gasteiger partial charge >= 0.3 is 11.9 Å². The molecule has 0 spiro atoms. The highest BCUT2D eigenvalue weighted by atomic mass is 35.5. The fourth-order valence-corrected chi connectivity index (χ4v) is 3.99. The topological polar surface area (TPSA) is 119 Å². The summed E-state index contributed by atoms with van der Waals surface area (Å²) in [6.07, 6.45) is 0. The van der Waals surface area contributed by atoms with Crippen molar-refractivity contribution < 1.29 is 28.6 Å². The number of rotatable bonds is 6. The number of oxazole rings is 1. The second kappa shape index (κ2) is 9.52. The number of aromatic nitrogens is 1. The average Bonchev–Trinajstić information content (AvgIpc) is 3.32. The molecule has 2 N–H and O–H groups in total. The number of anilines is 1. The van der Waals surface area contributed by atoms with Crippen LogP contribution in [0, 0.1) is 0 Å². The molecule has 5 aromatic rings. The number of hydrogen-bond acceptors (Lipinski definition) is 6. The van der Waals surface area contributed by atoms with E-state index in [1.165, 1.54) is 18.2 Å². The summed E-state index contributed by atoms with van der Waals surface area (Å²) in [6, 6.07) is 21.9. The summed E-state index contributed by atoms with van der Waals surface area (Å²) in [5.41, 5.74) is 2.20. The number of esters is 1. The summed E-state index contributed by atoms with van der Waals surface area (Å²) < 4.78 is 11.2. The maximum atomic E-state index is 13.0. The van der Waals surface area contributed by atoms with E-state index in [2.05, 4.69) is 10.3 Å². The van der Waals surface area contributed by atoms with Crippen LogP contribution in [0.1, 0.15) is 20.7 Å². The number of ether oxygens (including phenoxy) is 1. The lowest BCUT2D eigenvalue weighted by molar-refractivity contribution is -0.119. The first-order valence-electron chi connectivity index (χ1n) is 10.8. The van der Waals surface area contributed by atoms with E-state index in [9.17, 15) is 14.4 Å². The Hall–Kier alpha value is -4.69. The van der Waals surface area contributed by atoms with Crippen LogP contribution in [0.25, 0.3) is 33.3 Å². The summed E-state index contributed by atoms with van der Waals surface area (Å²) in [5.74, 6) is -2.20. The van der Waals surface area contributed by atoms with Gasteiger partial charge in [-0.05, 0) is 47.9 Å². The lowest BCUT2D eigenvalue weighted by atomic mass is 9.99. The van der Waals surface area contributed by atoms with Crippen LogP contribution in [0.4, 0.5) is 5.69 Å². The molecular weight excluding hydrogens is 484 g/mol. The minimum absolute atomic E-state index is 0.0471. The Morgan fingerprint density at radius 2 is 1.75 bits per heavy atom. The molecule has 0 aliphatic heterocycles. The van der Waals surface area contributed by atoms with Crippen LogP contribution < -0.4 is 5.32 Å². The number of aromatic carboxylic acids is 1. The molecule has 0 aliphatic rings. The highest BCUT2D eigenvalue weighted by Crippen LogP contribution is 2.33. The zero-order chi connectivity index (χ0) is 25.2. The first-order valence-corrected chi connectivity index (χ1v) is 11.2. The first-order chi connectivity index (χ1) is 17.4. The third-order valence-corrected chi connectivity index (χ3v) is 5.80. The molecular formula is C27H17ClN2O6. The van der Waals surface area contributed by atoms with E-state index in [0.717, 1.165) is 5.39 Å². The van der Waals surface area contributed by atoms with Crippen molar-refractivity contribution in [1.82, 2.24) is 4.98 Å². The van der Waals surface area contributed by atoms with Crippen LogP contribution in [0.15, 0.2) is 83.3 Å². The molecule has 0 radical (unpaired) electrons. The summed E-state index contributed by atoms with van der Waals surface area (Å²) in [5, 5.41) is 13.1.